The van der Waals surface area contributed by atoms with Crippen LogP contribution in [0.5, 0.6) is 0 Å². The maximum absolute atomic E-state index is 12.9. The molecule has 0 aliphatic rings. The zero-order valence-corrected chi connectivity index (χ0v) is 48.8. The van der Waals surface area contributed by atoms with E-state index in [0.717, 1.165) is 135 Å². The van der Waals surface area contributed by atoms with Crippen molar-refractivity contribution in [3.8, 4) is 0 Å². The highest BCUT2D eigenvalue weighted by molar-refractivity contribution is 7.47. The predicted molar refractivity (Wildman–Crippen MR) is 316 cm³/mol. The normalized spacial score (nSPS) is 14.1. The fourth-order valence-corrected chi connectivity index (χ4v) is 8.40. The maximum Gasteiger partial charge on any atom is 0.472 e. The Labute approximate surface area is 463 Å². The zero-order valence-electron chi connectivity index (χ0n) is 47.9. The van der Waals surface area contributed by atoms with Crippen LogP contribution in [0.3, 0.4) is 0 Å². The van der Waals surface area contributed by atoms with E-state index in [1.807, 2.05) is 0 Å². The molecule has 0 saturated heterocycles. The van der Waals surface area contributed by atoms with Gasteiger partial charge < -0.3 is 24.2 Å². The molecule has 0 fully saturated rings. The SMILES string of the molecule is CC/C=C\C/C=C\C/C=C\C/C=C\CCCCC(=O)OC(CO)COP(=O)(O)OCC(COC(=O)CCCCCCC/C=C\C/C=C\CCCCC)OC(=O)CCCCCCCC/C=C\C/C=C\C/C=C\CCCCC. The van der Waals surface area contributed by atoms with Crippen molar-refractivity contribution < 1.29 is 52.2 Å². The van der Waals surface area contributed by atoms with Gasteiger partial charge in [-0.1, -0.05) is 201 Å². The number of phosphoric ester groups is 1. The van der Waals surface area contributed by atoms with Gasteiger partial charge in [-0.15, -0.1) is 0 Å². The molecule has 0 amide bonds. The third-order valence-corrected chi connectivity index (χ3v) is 13.1. The number of rotatable bonds is 54. The van der Waals surface area contributed by atoms with Gasteiger partial charge in [0.1, 0.15) is 12.7 Å². The number of aliphatic hydroxyl groups is 1. The molecule has 11 nitrogen and oxygen atoms in total. The molecule has 0 aromatic heterocycles. The van der Waals surface area contributed by atoms with Crippen LogP contribution in [0.2, 0.25) is 0 Å². The minimum atomic E-state index is -4.77. The van der Waals surface area contributed by atoms with Crippen LogP contribution < -0.4 is 0 Å². The van der Waals surface area contributed by atoms with Gasteiger partial charge in [-0.3, -0.25) is 23.4 Å². The summed E-state index contributed by atoms with van der Waals surface area (Å²) in [7, 11) is -4.77. The molecule has 0 spiro atoms. The predicted octanol–water partition coefficient (Wildman–Crippen LogP) is 17.8. The standard InChI is InChI=1S/C64H107O11P/c1-4-7-10-13-16-19-22-25-28-29-30-31-34-37-40-43-46-49-52-55-64(68)75-61(57-71-62(66)53-50-47-44-41-38-35-32-26-23-20-17-14-11-8-5-2)59-73-76(69,70)72-58-60(56-65)74-63(67)54-51-48-45-42-39-36-33-27-24-21-18-15-12-9-6-3/h9,12,16-21,25-28,30-33,39,42,60-61,65H,4-8,10-11,13-15,22-24,29,34-38,40-41,43-59H2,1-3H3,(H,69,70)/b12-9-,19-16-,20-17-,21-18-,28-25-,31-30-,32-26-,33-27-,42-39-. The average Bonchev–Trinajstić information content (AvgIpc) is 3.41. The Balaban J connectivity index is 4.82. The Kier molecular flexibility index (Phi) is 54.4. The molecule has 0 radical (unpaired) electrons. The molecule has 3 atom stereocenters. The topological polar surface area (TPSA) is 155 Å². The van der Waals surface area contributed by atoms with Gasteiger partial charge in [0.15, 0.2) is 6.10 Å². The van der Waals surface area contributed by atoms with Crippen molar-refractivity contribution in [1.29, 1.82) is 0 Å². The van der Waals surface area contributed by atoms with E-state index in [9.17, 15) is 28.9 Å². The molecule has 0 aliphatic carbocycles. The minimum Gasteiger partial charge on any atom is -0.462 e. The number of phosphoric acid groups is 1. The van der Waals surface area contributed by atoms with Gasteiger partial charge in [0, 0.05) is 19.3 Å². The lowest BCUT2D eigenvalue weighted by Gasteiger charge is -2.21. The van der Waals surface area contributed by atoms with Gasteiger partial charge in [0.05, 0.1) is 19.8 Å². The quantitative estimate of drug-likeness (QED) is 0.0197. The number of aliphatic hydroxyl groups excluding tert-OH is 1. The van der Waals surface area contributed by atoms with E-state index < -0.39 is 57.8 Å². The molecule has 0 rings (SSSR count). The summed E-state index contributed by atoms with van der Waals surface area (Å²) in [6.45, 7) is 4.40. The van der Waals surface area contributed by atoms with E-state index in [1.165, 1.54) is 44.9 Å². The second kappa shape index (κ2) is 57.3. The molecule has 0 heterocycles. The van der Waals surface area contributed by atoms with Crippen LogP contribution in [-0.2, 0) is 42.2 Å². The van der Waals surface area contributed by atoms with E-state index in [1.54, 1.807) is 0 Å². The first-order chi connectivity index (χ1) is 37.2. The largest absolute Gasteiger partial charge is 0.472 e. The summed E-state index contributed by atoms with van der Waals surface area (Å²) in [6, 6.07) is 0. The Morgan fingerprint density at radius 3 is 1.08 bits per heavy atom. The van der Waals surface area contributed by atoms with Gasteiger partial charge >= 0.3 is 25.7 Å². The third kappa shape index (κ3) is 54.9. The van der Waals surface area contributed by atoms with Gasteiger partial charge in [0.2, 0.25) is 0 Å². The van der Waals surface area contributed by atoms with Crippen LogP contribution in [0.4, 0.5) is 0 Å². The fourth-order valence-electron chi connectivity index (χ4n) is 7.62. The number of unbranched alkanes of at least 4 members (excludes halogenated alkanes) is 19. The molecule has 3 unspecified atom stereocenters. The fraction of sp³-hybridized carbons (Fsp3) is 0.672. The lowest BCUT2D eigenvalue weighted by atomic mass is 10.1. The summed E-state index contributed by atoms with van der Waals surface area (Å²) in [4.78, 5) is 48.6. The summed E-state index contributed by atoms with van der Waals surface area (Å²) in [6.07, 6.45) is 69.0. The smallest absolute Gasteiger partial charge is 0.462 e. The van der Waals surface area contributed by atoms with E-state index in [0.29, 0.717) is 19.3 Å². The molecule has 2 N–H and O–H groups in total. The van der Waals surface area contributed by atoms with Crippen molar-refractivity contribution in [2.45, 2.75) is 251 Å². The lowest BCUT2D eigenvalue weighted by molar-refractivity contribution is -0.161. The van der Waals surface area contributed by atoms with Crippen LogP contribution in [0, 0.1) is 0 Å². The Bertz CT molecular complexity index is 1690. The number of ether oxygens (including phenoxy) is 3. The second-order valence-corrected chi connectivity index (χ2v) is 20.9. The lowest BCUT2D eigenvalue weighted by Crippen LogP contribution is -2.30. The maximum atomic E-state index is 12.9. The molecule has 434 valence electrons. The van der Waals surface area contributed by atoms with Crippen molar-refractivity contribution >= 4 is 25.7 Å². The monoisotopic (exact) mass is 1080 g/mol. The molecule has 0 bridgehead atoms. The highest BCUT2D eigenvalue weighted by atomic mass is 31.2. The van der Waals surface area contributed by atoms with Crippen LogP contribution in [0.15, 0.2) is 109 Å². The van der Waals surface area contributed by atoms with Crippen molar-refractivity contribution in [3.05, 3.63) is 109 Å². The molecule has 0 aromatic rings. The van der Waals surface area contributed by atoms with Crippen molar-refractivity contribution in [2.24, 2.45) is 0 Å². The molecule has 0 aliphatic heterocycles. The van der Waals surface area contributed by atoms with Crippen LogP contribution in [0.25, 0.3) is 0 Å². The number of carbonyl (C=O) groups excluding carboxylic acids is 3. The van der Waals surface area contributed by atoms with Crippen molar-refractivity contribution in [1.82, 2.24) is 0 Å². The zero-order chi connectivity index (χ0) is 55.5. The molecular weight excluding hydrogens is 976 g/mol. The van der Waals surface area contributed by atoms with Crippen molar-refractivity contribution in [3.63, 3.8) is 0 Å². The first kappa shape index (κ1) is 72.1. The number of hydrogen-bond acceptors (Lipinski definition) is 10. The molecular formula is C64H107O11P. The summed E-state index contributed by atoms with van der Waals surface area (Å²) in [5, 5.41) is 9.82. The summed E-state index contributed by atoms with van der Waals surface area (Å²) < 4.78 is 39.5. The molecule has 0 aromatic carbocycles. The van der Waals surface area contributed by atoms with Crippen LogP contribution in [-0.4, -0.2) is 66.5 Å². The highest BCUT2D eigenvalue weighted by Crippen LogP contribution is 2.43. The second-order valence-electron chi connectivity index (χ2n) is 19.4. The van der Waals surface area contributed by atoms with Gasteiger partial charge in [-0.05, 0) is 128 Å². The third-order valence-electron chi connectivity index (χ3n) is 12.1. The molecule has 76 heavy (non-hydrogen) atoms. The number of carbonyl (C=O) groups is 3. The number of allylic oxidation sites excluding steroid dienone is 18. The average molecular weight is 1080 g/mol. The minimum absolute atomic E-state index is 0.118. The number of esters is 3. The van der Waals surface area contributed by atoms with Gasteiger partial charge in [0.25, 0.3) is 0 Å². The van der Waals surface area contributed by atoms with E-state index in [-0.39, 0.29) is 25.9 Å². The van der Waals surface area contributed by atoms with Crippen molar-refractivity contribution in [2.75, 3.05) is 26.4 Å². The van der Waals surface area contributed by atoms with Crippen LogP contribution >= 0.6 is 7.82 Å². The molecule has 12 heteroatoms. The van der Waals surface area contributed by atoms with Gasteiger partial charge in [-0.25, -0.2) is 4.57 Å². The molecule has 0 saturated carbocycles. The van der Waals surface area contributed by atoms with E-state index >= 15 is 0 Å². The Morgan fingerprint density at radius 1 is 0.382 bits per heavy atom. The Morgan fingerprint density at radius 2 is 0.684 bits per heavy atom. The van der Waals surface area contributed by atoms with Gasteiger partial charge in [-0.2, -0.15) is 0 Å². The Hall–Kier alpha value is -3.86. The first-order valence-corrected chi connectivity index (χ1v) is 31.3. The highest BCUT2D eigenvalue weighted by Gasteiger charge is 2.28. The summed E-state index contributed by atoms with van der Waals surface area (Å²) in [5.41, 5.74) is 0. The van der Waals surface area contributed by atoms with E-state index in [4.69, 9.17) is 23.3 Å². The van der Waals surface area contributed by atoms with Crippen LogP contribution in [0.1, 0.15) is 239 Å². The first-order valence-electron chi connectivity index (χ1n) is 29.8. The number of hydrogen-bond donors (Lipinski definition) is 2. The van der Waals surface area contributed by atoms with E-state index in [2.05, 4.69) is 130 Å². The summed E-state index contributed by atoms with van der Waals surface area (Å²) in [5.74, 6) is -1.55. The summed E-state index contributed by atoms with van der Waals surface area (Å²) >= 11 is 0.